The normalized spacial score (nSPS) is 11.8. The Balaban J connectivity index is 0.000000126. The molecule has 0 unspecified atom stereocenters. The minimum Gasteiger partial charge on any atom is -0.339 e. The van der Waals surface area contributed by atoms with Crippen LogP contribution in [0.25, 0.3) is 16.8 Å². The minimum absolute atomic E-state index is 0.741. The van der Waals surface area contributed by atoms with E-state index in [1.165, 1.54) is 10.8 Å². The quantitative estimate of drug-likeness (QED) is 0.599. The van der Waals surface area contributed by atoms with Crippen LogP contribution in [0.3, 0.4) is 0 Å². The molecule has 0 aliphatic carbocycles. The second-order valence-corrected chi connectivity index (χ2v) is 4.36. The Hall–Kier alpha value is -3.01. The lowest BCUT2D eigenvalue weighted by Gasteiger charge is -1.97. The van der Waals surface area contributed by atoms with Gasteiger partial charge in [0.05, 0.1) is 6.20 Å². The van der Waals surface area contributed by atoms with Crippen molar-refractivity contribution in [1.82, 2.24) is 4.98 Å². The summed E-state index contributed by atoms with van der Waals surface area (Å²) in [7, 11) is 0. The smallest absolute Gasteiger partial charge is 0.167 e. The number of hydrogen-bond acceptors (Lipinski definition) is 4. The van der Waals surface area contributed by atoms with Crippen molar-refractivity contribution in [3.63, 3.8) is 0 Å². The lowest BCUT2D eigenvalue weighted by atomic mass is 10.2. The van der Waals surface area contributed by atoms with E-state index >= 15 is 0 Å². The van der Waals surface area contributed by atoms with Crippen LogP contribution >= 0.6 is 0 Å². The highest BCUT2D eigenvalue weighted by atomic mass is 16.6. The summed E-state index contributed by atoms with van der Waals surface area (Å²) in [6.45, 7) is 0. The van der Waals surface area contributed by atoms with Crippen molar-refractivity contribution in [2.75, 3.05) is 0 Å². The molecule has 0 fully saturated rings. The predicted octanol–water partition coefficient (Wildman–Crippen LogP) is 4.65. The van der Waals surface area contributed by atoms with Crippen molar-refractivity contribution in [2.45, 2.75) is 0 Å². The Morgan fingerprint density at radius 3 is 2.52 bits per heavy atom. The van der Waals surface area contributed by atoms with Gasteiger partial charge in [0, 0.05) is 23.2 Å². The summed E-state index contributed by atoms with van der Waals surface area (Å²) in [4.78, 5) is 8.96. The van der Waals surface area contributed by atoms with E-state index in [0.29, 0.717) is 0 Å². The van der Waals surface area contributed by atoms with Gasteiger partial charge in [0.2, 0.25) is 0 Å². The maximum Gasteiger partial charge on any atom is 0.167 e. The van der Waals surface area contributed by atoms with Crippen molar-refractivity contribution >= 4 is 16.8 Å². The molecule has 3 aromatic rings. The molecule has 102 valence electrons. The summed E-state index contributed by atoms with van der Waals surface area (Å²) in [5, 5.41) is 9.50. The third-order valence-corrected chi connectivity index (χ3v) is 2.98. The molecule has 2 heterocycles. The van der Waals surface area contributed by atoms with E-state index in [-0.39, 0.29) is 0 Å². The highest BCUT2D eigenvalue weighted by molar-refractivity contribution is 5.80. The van der Waals surface area contributed by atoms with E-state index in [9.17, 15) is 0 Å². The van der Waals surface area contributed by atoms with Gasteiger partial charge in [-0.3, -0.25) is 4.98 Å². The van der Waals surface area contributed by atoms with Gasteiger partial charge in [-0.05, 0) is 29.0 Å². The Bertz CT molecular complexity index is 731. The van der Waals surface area contributed by atoms with E-state index in [1.54, 1.807) is 6.20 Å². The first kappa shape index (κ1) is 13.0. The maximum absolute atomic E-state index is 4.94. The fraction of sp³-hybridized carbons (Fsp3) is 0. The lowest BCUT2D eigenvalue weighted by Crippen LogP contribution is -1.81. The number of pyridine rings is 1. The number of hydrogen-bond donors (Lipinski definition) is 0. The molecule has 0 radical (unpaired) electrons. The van der Waals surface area contributed by atoms with Gasteiger partial charge in [0.15, 0.2) is 5.75 Å². The van der Waals surface area contributed by atoms with E-state index in [1.807, 2.05) is 60.9 Å². The molecule has 0 N–H and O–H groups in total. The summed E-state index contributed by atoms with van der Waals surface area (Å²) >= 11 is 0. The third kappa shape index (κ3) is 3.30. The fourth-order valence-electron chi connectivity index (χ4n) is 1.94. The number of benzene rings is 2. The number of nitrogens with zero attached hydrogens (tertiary/aromatic N) is 3. The second kappa shape index (κ2) is 6.43. The van der Waals surface area contributed by atoms with Gasteiger partial charge >= 0.3 is 0 Å². The topological polar surface area (TPSA) is 46.8 Å². The molecule has 4 nitrogen and oxygen atoms in total. The number of para-hydroxylation sites is 1. The van der Waals surface area contributed by atoms with Gasteiger partial charge in [-0.1, -0.05) is 42.5 Å². The SMILES string of the molecule is C1=Cc2ccccc2ON=N1.c1ccc2cnccc2c1. The van der Waals surface area contributed by atoms with Crippen LogP contribution in [-0.4, -0.2) is 4.98 Å². The van der Waals surface area contributed by atoms with Crippen LogP contribution in [0.1, 0.15) is 5.56 Å². The van der Waals surface area contributed by atoms with Gasteiger partial charge < -0.3 is 4.84 Å². The van der Waals surface area contributed by atoms with E-state index < -0.39 is 0 Å². The molecule has 0 atom stereocenters. The third-order valence-electron chi connectivity index (χ3n) is 2.98. The zero-order valence-corrected chi connectivity index (χ0v) is 11.3. The molecule has 0 bridgehead atoms. The Morgan fingerprint density at radius 1 is 0.810 bits per heavy atom. The summed E-state index contributed by atoms with van der Waals surface area (Å²) < 4.78 is 0. The van der Waals surface area contributed by atoms with Crippen molar-refractivity contribution in [2.24, 2.45) is 10.4 Å². The summed E-state index contributed by atoms with van der Waals surface area (Å²) in [5.74, 6) is 0.741. The van der Waals surface area contributed by atoms with Gasteiger partial charge in [-0.2, -0.15) is 0 Å². The predicted molar refractivity (Wildman–Crippen MR) is 82.7 cm³/mol. The molecule has 1 aliphatic rings. The Kier molecular flexibility index (Phi) is 3.98. The van der Waals surface area contributed by atoms with Gasteiger partial charge in [0.25, 0.3) is 0 Å². The van der Waals surface area contributed by atoms with Crippen LogP contribution < -0.4 is 4.84 Å². The molecule has 1 aliphatic heterocycles. The molecule has 21 heavy (non-hydrogen) atoms. The van der Waals surface area contributed by atoms with Crippen molar-refractivity contribution < 1.29 is 4.84 Å². The van der Waals surface area contributed by atoms with Crippen LogP contribution in [0.4, 0.5) is 0 Å². The monoisotopic (exact) mass is 275 g/mol. The van der Waals surface area contributed by atoms with E-state index in [0.717, 1.165) is 11.3 Å². The fourth-order valence-corrected chi connectivity index (χ4v) is 1.94. The standard InChI is InChI=1S/C9H7N.C8H6N2O/c1-2-4-9-7-10-6-5-8(9)3-1;1-2-4-8-7(3-1)5-6-9-10-11-8/h1-7H;1-6H. The average molecular weight is 275 g/mol. The van der Waals surface area contributed by atoms with E-state index in [2.05, 4.69) is 27.5 Å². The highest BCUT2D eigenvalue weighted by Gasteiger charge is 2.00. The van der Waals surface area contributed by atoms with Gasteiger partial charge in [0.1, 0.15) is 0 Å². The molecule has 4 rings (SSSR count). The Labute approximate surface area is 122 Å². The molecule has 0 saturated carbocycles. The summed E-state index contributed by atoms with van der Waals surface area (Å²) in [6.07, 6.45) is 7.13. The highest BCUT2D eigenvalue weighted by Crippen LogP contribution is 2.21. The van der Waals surface area contributed by atoms with Crippen molar-refractivity contribution in [3.8, 4) is 5.75 Å². The van der Waals surface area contributed by atoms with Crippen LogP contribution in [0.5, 0.6) is 5.75 Å². The number of aromatic nitrogens is 1. The zero-order chi connectivity index (χ0) is 14.3. The zero-order valence-electron chi connectivity index (χ0n) is 11.3. The largest absolute Gasteiger partial charge is 0.339 e. The minimum atomic E-state index is 0.741. The van der Waals surface area contributed by atoms with Crippen LogP contribution in [-0.2, 0) is 0 Å². The molecule has 0 amide bonds. The summed E-state index contributed by atoms with van der Waals surface area (Å²) in [5.41, 5.74) is 0.998. The summed E-state index contributed by atoms with van der Waals surface area (Å²) in [6, 6.07) is 17.8. The van der Waals surface area contributed by atoms with Crippen LogP contribution in [0.2, 0.25) is 0 Å². The lowest BCUT2D eigenvalue weighted by molar-refractivity contribution is 0.313. The first-order chi connectivity index (χ1) is 10.4. The molecular formula is C17H13N3O. The molecule has 0 saturated heterocycles. The first-order valence-electron chi connectivity index (χ1n) is 6.55. The van der Waals surface area contributed by atoms with Crippen LogP contribution in [0.15, 0.2) is 83.6 Å². The molecular weight excluding hydrogens is 262 g/mol. The van der Waals surface area contributed by atoms with Crippen LogP contribution in [0, 0.1) is 0 Å². The van der Waals surface area contributed by atoms with Gasteiger partial charge in [-0.25, -0.2) is 0 Å². The molecule has 4 heteroatoms. The maximum atomic E-state index is 4.94. The second-order valence-electron chi connectivity index (χ2n) is 4.36. The number of rotatable bonds is 0. The van der Waals surface area contributed by atoms with Crippen molar-refractivity contribution in [3.05, 3.63) is 78.8 Å². The van der Waals surface area contributed by atoms with E-state index in [4.69, 9.17) is 4.84 Å². The Morgan fingerprint density at radius 2 is 1.62 bits per heavy atom. The molecule has 1 aromatic heterocycles. The average Bonchev–Trinajstić information content (AvgIpc) is 2.81. The number of fused-ring (bicyclic) bond motifs is 2. The van der Waals surface area contributed by atoms with Gasteiger partial charge in [-0.15, -0.1) is 5.11 Å². The molecule has 2 aromatic carbocycles. The first-order valence-corrected chi connectivity index (χ1v) is 6.55. The van der Waals surface area contributed by atoms with Crippen molar-refractivity contribution in [1.29, 1.82) is 0 Å². The molecule has 0 spiro atoms.